The highest BCUT2D eigenvalue weighted by Crippen LogP contribution is 2.31. The maximum Gasteiger partial charge on any atom is 0.206 e. The number of fused-ring (bicyclic) bond motifs is 1. The Balaban J connectivity index is 1.65. The summed E-state index contributed by atoms with van der Waals surface area (Å²) in [5.74, 6) is 0.517. The Morgan fingerprint density at radius 2 is 2.21 bits per heavy atom. The third-order valence-corrected chi connectivity index (χ3v) is 4.65. The Morgan fingerprint density at radius 1 is 1.33 bits per heavy atom. The zero-order valence-corrected chi connectivity index (χ0v) is 13.9. The lowest BCUT2D eigenvalue weighted by atomic mass is 10.1. The molecule has 1 aliphatic heterocycles. The number of hydrogen-bond donors (Lipinski definition) is 0. The zero-order valence-electron chi connectivity index (χ0n) is 13.1. The van der Waals surface area contributed by atoms with Crippen molar-refractivity contribution in [2.24, 2.45) is 7.05 Å². The predicted octanol–water partition coefficient (Wildman–Crippen LogP) is 3.34. The molecule has 7 heteroatoms. The van der Waals surface area contributed by atoms with Crippen LogP contribution in [0.3, 0.4) is 0 Å². The van der Waals surface area contributed by atoms with Crippen molar-refractivity contribution in [1.82, 2.24) is 14.5 Å². The maximum atomic E-state index is 13.3. The highest BCUT2D eigenvalue weighted by molar-refractivity contribution is 6.31. The van der Waals surface area contributed by atoms with Crippen LogP contribution in [0.25, 0.3) is 11.0 Å². The fraction of sp³-hybridized carbons (Fsp3) is 0.294. The number of benzene rings is 1. The molecule has 0 amide bonds. The van der Waals surface area contributed by atoms with Crippen LogP contribution >= 0.6 is 11.6 Å². The highest BCUT2D eigenvalue weighted by atomic mass is 35.5. The molecule has 1 atom stereocenters. The Labute approximate surface area is 143 Å². The number of hydrogen-bond acceptors (Lipinski definition) is 4. The minimum absolute atomic E-state index is 0.218. The number of anilines is 1. The van der Waals surface area contributed by atoms with Crippen LogP contribution in [0.5, 0.6) is 0 Å². The van der Waals surface area contributed by atoms with Crippen LogP contribution in [0.15, 0.2) is 36.7 Å². The number of halogens is 2. The Hall–Kier alpha value is -2.18. The van der Waals surface area contributed by atoms with Crippen LogP contribution in [-0.2, 0) is 11.8 Å². The van der Waals surface area contributed by atoms with Crippen molar-refractivity contribution in [2.75, 3.05) is 24.6 Å². The van der Waals surface area contributed by atoms with Crippen LogP contribution in [0.2, 0.25) is 5.02 Å². The van der Waals surface area contributed by atoms with E-state index < -0.39 is 0 Å². The van der Waals surface area contributed by atoms with Crippen molar-refractivity contribution in [2.45, 2.75) is 6.10 Å². The number of aryl methyl sites for hydroxylation is 1. The van der Waals surface area contributed by atoms with E-state index in [1.165, 1.54) is 12.1 Å². The average molecular weight is 347 g/mol. The molecule has 1 fully saturated rings. The van der Waals surface area contributed by atoms with Crippen molar-refractivity contribution in [3.8, 4) is 0 Å². The van der Waals surface area contributed by atoms with E-state index in [-0.39, 0.29) is 11.9 Å². The lowest BCUT2D eigenvalue weighted by Crippen LogP contribution is -2.39. The summed E-state index contributed by atoms with van der Waals surface area (Å²) in [6.45, 7) is 1.90. The molecule has 1 saturated heterocycles. The lowest BCUT2D eigenvalue weighted by molar-refractivity contribution is 0.0391. The summed E-state index contributed by atoms with van der Waals surface area (Å²) in [5.41, 5.74) is 2.68. The minimum atomic E-state index is -0.348. The SMILES string of the molecule is Cn1c(N2CCOC(c3ccc(F)cc3Cl)C2)nc2cnccc21. The van der Waals surface area contributed by atoms with Gasteiger partial charge in [0.1, 0.15) is 17.4 Å². The first kappa shape index (κ1) is 15.4. The Bertz CT molecular complexity index is 897. The standard InChI is InChI=1S/C17H16ClFN4O/c1-22-15-4-5-20-9-14(15)21-17(22)23-6-7-24-16(10-23)12-3-2-11(19)8-13(12)18/h2-5,8-9,16H,6-7,10H2,1H3. The van der Waals surface area contributed by atoms with Crippen molar-refractivity contribution in [1.29, 1.82) is 0 Å². The summed E-state index contributed by atoms with van der Waals surface area (Å²) in [7, 11) is 1.99. The van der Waals surface area contributed by atoms with Gasteiger partial charge in [0.15, 0.2) is 0 Å². The molecule has 5 nitrogen and oxygen atoms in total. The number of morpholine rings is 1. The molecule has 1 aliphatic rings. The van der Waals surface area contributed by atoms with Crippen molar-refractivity contribution < 1.29 is 9.13 Å². The number of imidazole rings is 1. The summed E-state index contributed by atoms with van der Waals surface area (Å²) < 4.78 is 21.2. The van der Waals surface area contributed by atoms with Crippen LogP contribution < -0.4 is 4.90 Å². The molecule has 2 aromatic heterocycles. The Morgan fingerprint density at radius 3 is 3.00 bits per heavy atom. The highest BCUT2D eigenvalue weighted by Gasteiger charge is 2.26. The van der Waals surface area contributed by atoms with E-state index in [9.17, 15) is 4.39 Å². The van der Waals surface area contributed by atoms with E-state index in [0.29, 0.717) is 18.2 Å². The van der Waals surface area contributed by atoms with Gasteiger partial charge in [-0.15, -0.1) is 0 Å². The van der Waals surface area contributed by atoms with Gasteiger partial charge in [-0.2, -0.15) is 0 Å². The van der Waals surface area contributed by atoms with Crippen LogP contribution in [0.4, 0.5) is 10.3 Å². The fourth-order valence-electron chi connectivity index (χ4n) is 3.10. The first-order valence-electron chi connectivity index (χ1n) is 7.71. The summed E-state index contributed by atoms with van der Waals surface area (Å²) >= 11 is 6.18. The lowest BCUT2D eigenvalue weighted by Gasteiger charge is -2.34. The topological polar surface area (TPSA) is 43.2 Å². The van der Waals surface area contributed by atoms with E-state index in [1.54, 1.807) is 18.5 Å². The second kappa shape index (κ2) is 6.03. The molecule has 0 bridgehead atoms. The monoisotopic (exact) mass is 346 g/mol. The van der Waals surface area contributed by atoms with Crippen LogP contribution in [-0.4, -0.2) is 34.2 Å². The first-order chi connectivity index (χ1) is 11.6. The van der Waals surface area contributed by atoms with Gasteiger partial charge in [-0.25, -0.2) is 9.37 Å². The van der Waals surface area contributed by atoms with Crippen molar-refractivity contribution in [3.63, 3.8) is 0 Å². The third kappa shape index (κ3) is 2.61. The molecule has 0 spiro atoms. The second-order valence-electron chi connectivity index (χ2n) is 5.81. The summed E-state index contributed by atoms with van der Waals surface area (Å²) in [6.07, 6.45) is 3.30. The van der Waals surface area contributed by atoms with Crippen LogP contribution in [0, 0.1) is 5.82 Å². The van der Waals surface area contributed by atoms with E-state index in [1.807, 2.05) is 17.7 Å². The van der Waals surface area contributed by atoms with E-state index >= 15 is 0 Å². The summed E-state index contributed by atoms with van der Waals surface area (Å²) in [5, 5.41) is 0.385. The van der Waals surface area contributed by atoms with Gasteiger partial charge in [-0.05, 0) is 18.2 Å². The smallest absolute Gasteiger partial charge is 0.206 e. The molecule has 3 heterocycles. The predicted molar refractivity (Wildman–Crippen MR) is 90.8 cm³/mol. The van der Waals surface area contributed by atoms with Crippen molar-refractivity contribution in [3.05, 3.63) is 53.1 Å². The first-order valence-corrected chi connectivity index (χ1v) is 8.09. The van der Waals surface area contributed by atoms with Gasteiger partial charge in [0.25, 0.3) is 0 Å². The molecule has 1 unspecified atom stereocenters. The molecule has 24 heavy (non-hydrogen) atoms. The van der Waals surface area contributed by atoms with Gasteiger partial charge in [0, 0.05) is 30.4 Å². The van der Waals surface area contributed by atoms with E-state index in [0.717, 1.165) is 29.1 Å². The molecule has 0 radical (unpaired) electrons. The average Bonchev–Trinajstić information content (AvgIpc) is 2.92. The molecule has 1 aromatic carbocycles. The number of pyridine rings is 1. The molecule has 124 valence electrons. The van der Waals surface area contributed by atoms with Gasteiger partial charge >= 0.3 is 0 Å². The van der Waals surface area contributed by atoms with Crippen molar-refractivity contribution >= 4 is 28.6 Å². The molecular weight excluding hydrogens is 331 g/mol. The van der Waals surface area contributed by atoms with Gasteiger partial charge in [-0.3, -0.25) is 4.98 Å². The third-order valence-electron chi connectivity index (χ3n) is 4.32. The molecular formula is C17H16ClFN4O. The summed E-state index contributed by atoms with van der Waals surface area (Å²) in [4.78, 5) is 11.0. The Kier molecular flexibility index (Phi) is 3.86. The van der Waals surface area contributed by atoms with Crippen LogP contribution in [0.1, 0.15) is 11.7 Å². The maximum absolute atomic E-state index is 13.3. The number of aromatic nitrogens is 3. The molecule has 4 rings (SSSR count). The molecule has 0 aliphatic carbocycles. The van der Waals surface area contributed by atoms with Gasteiger partial charge in [0.05, 0.1) is 24.9 Å². The van der Waals surface area contributed by atoms with E-state index in [4.69, 9.17) is 16.3 Å². The number of ether oxygens (including phenoxy) is 1. The largest absolute Gasteiger partial charge is 0.370 e. The molecule has 0 N–H and O–H groups in total. The van der Waals surface area contributed by atoms with E-state index in [2.05, 4.69) is 14.9 Å². The summed E-state index contributed by atoms with van der Waals surface area (Å²) in [6, 6.07) is 6.36. The van der Waals surface area contributed by atoms with Gasteiger partial charge in [-0.1, -0.05) is 17.7 Å². The second-order valence-corrected chi connectivity index (χ2v) is 6.21. The molecule has 3 aromatic rings. The zero-order chi connectivity index (χ0) is 16.7. The normalized spacial score (nSPS) is 18.3. The fourth-order valence-corrected chi connectivity index (χ4v) is 3.39. The quantitative estimate of drug-likeness (QED) is 0.714. The number of nitrogens with zero attached hydrogens (tertiary/aromatic N) is 4. The van der Waals surface area contributed by atoms with Gasteiger partial charge in [0.2, 0.25) is 5.95 Å². The minimum Gasteiger partial charge on any atom is -0.370 e. The number of rotatable bonds is 2. The van der Waals surface area contributed by atoms with Gasteiger partial charge < -0.3 is 14.2 Å². The molecule has 0 saturated carbocycles.